The Balaban J connectivity index is 0.000000165. The van der Waals surface area contributed by atoms with Crippen LogP contribution in [0.2, 0.25) is 0 Å². The van der Waals surface area contributed by atoms with Gasteiger partial charge < -0.3 is 9.40 Å². The number of hydrogen-bond donors (Lipinski definition) is 2. The van der Waals surface area contributed by atoms with Gasteiger partial charge in [-0.25, -0.2) is 4.79 Å². The van der Waals surface area contributed by atoms with Crippen molar-refractivity contribution < 1.29 is 8.81 Å². The van der Waals surface area contributed by atoms with Gasteiger partial charge >= 0.3 is 5.69 Å². The van der Waals surface area contributed by atoms with Gasteiger partial charge in [0, 0.05) is 6.20 Å². The van der Waals surface area contributed by atoms with Crippen LogP contribution in [0.4, 0.5) is 4.39 Å². The van der Waals surface area contributed by atoms with Crippen LogP contribution in [0.1, 0.15) is 0 Å². The van der Waals surface area contributed by atoms with Gasteiger partial charge in [-0.15, -0.1) is 0 Å². The van der Waals surface area contributed by atoms with Crippen molar-refractivity contribution in [2.75, 3.05) is 0 Å². The third kappa shape index (κ3) is 3.10. The second-order valence-electron chi connectivity index (χ2n) is 2.21. The number of furan rings is 1. The lowest BCUT2D eigenvalue weighted by Gasteiger charge is -1.81. The summed E-state index contributed by atoms with van der Waals surface area (Å²) in [6.07, 6.45) is 3.96. The van der Waals surface area contributed by atoms with Gasteiger partial charge in [0.25, 0.3) is 5.56 Å². The minimum absolute atomic E-state index is 0.707. The molecule has 2 rings (SSSR count). The number of H-pyrrole nitrogens is 2. The fraction of sp³-hybridized carbons (Fsp3) is 0. The zero-order valence-electron chi connectivity index (χ0n) is 6.99. The molecule has 0 aliphatic carbocycles. The summed E-state index contributed by atoms with van der Waals surface area (Å²) in [7, 11) is 0. The Morgan fingerprint density at radius 2 is 1.86 bits per heavy atom. The molecule has 2 heterocycles. The van der Waals surface area contributed by atoms with E-state index in [4.69, 9.17) is 0 Å². The van der Waals surface area contributed by atoms with Gasteiger partial charge in [-0.1, -0.05) is 0 Å². The lowest BCUT2D eigenvalue weighted by molar-refractivity contribution is 0.567. The van der Waals surface area contributed by atoms with Crippen LogP contribution in [-0.4, -0.2) is 9.97 Å². The minimum atomic E-state index is -1.00. The molecule has 2 aromatic heterocycles. The highest BCUT2D eigenvalue weighted by Gasteiger charge is 1.93. The van der Waals surface area contributed by atoms with Crippen molar-refractivity contribution in [1.29, 1.82) is 0 Å². The molecular weight excluding hydrogens is 191 g/mol. The molecule has 0 aliphatic heterocycles. The van der Waals surface area contributed by atoms with Crippen LogP contribution in [0.15, 0.2) is 44.9 Å². The Hall–Kier alpha value is -2.11. The van der Waals surface area contributed by atoms with E-state index in [0.717, 1.165) is 0 Å². The van der Waals surface area contributed by atoms with Crippen LogP contribution in [0, 0.1) is 5.82 Å². The zero-order chi connectivity index (χ0) is 10.4. The van der Waals surface area contributed by atoms with E-state index in [1.54, 1.807) is 17.5 Å². The molecule has 5 nitrogen and oxygen atoms in total. The SMILES string of the molecule is O=c1[nH]cc(F)c(=O)[nH]1.c1ccoc1. The van der Waals surface area contributed by atoms with E-state index in [2.05, 4.69) is 4.42 Å². The molecule has 0 fully saturated rings. The van der Waals surface area contributed by atoms with E-state index in [1.807, 2.05) is 17.1 Å². The fourth-order valence-corrected chi connectivity index (χ4v) is 0.620. The molecule has 0 amide bonds. The molecule has 0 aliphatic rings. The topological polar surface area (TPSA) is 78.9 Å². The van der Waals surface area contributed by atoms with Crippen LogP contribution >= 0.6 is 0 Å². The maximum atomic E-state index is 12.0. The lowest BCUT2D eigenvalue weighted by atomic mass is 10.6. The standard InChI is InChI=1S/C4H3FN2O2.C4H4O/c5-2-1-6-4(9)7-3(2)8;1-2-4-5-3-1/h1H,(H2,6,7,8,9);1-4H. The molecule has 6 heteroatoms. The van der Waals surface area contributed by atoms with Crippen LogP contribution in [-0.2, 0) is 0 Å². The molecule has 14 heavy (non-hydrogen) atoms. The Morgan fingerprint density at radius 3 is 2.21 bits per heavy atom. The highest BCUT2D eigenvalue weighted by Crippen LogP contribution is 1.79. The summed E-state index contributed by atoms with van der Waals surface area (Å²) in [6, 6.07) is 3.67. The number of nitrogens with one attached hydrogen (secondary N) is 2. The first-order chi connectivity index (χ1) is 6.70. The molecule has 2 N–H and O–H groups in total. The molecular formula is C8H7FN2O3. The highest BCUT2D eigenvalue weighted by atomic mass is 19.1. The summed E-state index contributed by atoms with van der Waals surface area (Å²) in [6.45, 7) is 0. The quantitative estimate of drug-likeness (QED) is 0.646. The Morgan fingerprint density at radius 1 is 1.21 bits per heavy atom. The number of hydrogen-bond acceptors (Lipinski definition) is 3. The van der Waals surface area contributed by atoms with Crippen molar-refractivity contribution in [3.05, 3.63) is 57.5 Å². The van der Waals surface area contributed by atoms with Crippen molar-refractivity contribution >= 4 is 0 Å². The summed E-state index contributed by atoms with van der Waals surface area (Å²) >= 11 is 0. The summed E-state index contributed by atoms with van der Waals surface area (Å²) in [5.41, 5.74) is -1.71. The predicted octanol–water partition coefficient (Wildman–Crippen LogP) is 0.482. The first kappa shape index (κ1) is 9.97. The monoisotopic (exact) mass is 198 g/mol. The predicted molar refractivity (Wildman–Crippen MR) is 46.3 cm³/mol. The van der Waals surface area contributed by atoms with Crippen LogP contribution in [0.3, 0.4) is 0 Å². The molecule has 0 atom stereocenters. The third-order valence-corrected chi connectivity index (χ3v) is 1.20. The van der Waals surface area contributed by atoms with Crippen LogP contribution in [0.5, 0.6) is 0 Å². The van der Waals surface area contributed by atoms with Crippen LogP contribution < -0.4 is 11.2 Å². The van der Waals surface area contributed by atoms with Crippen molar-refractivity contribution in [3.8, 4) is 0 Å². The van der Waals surface area contributed by atoms with Gasteiger partial charge in [-0.2, -0.15) is 4.39 Å². The molecule has 74 valence electrons. The average molecular weight is 198 g/mol. The molecule has 0 saturated heterocycles. The average Bonchev–Trinajstić information content (AvgIpc) is 2.69. The van der Waals surface area contributed by atoms with Gasteiger partial charge in [-0.05, 0) is 12.1 Å². The molecule has 0 bridgehead atoms. The van der Waals surface area contributed by atoms with Gasteiger partial charge in [-0.3, -0.25) is 9.78 Å². The first-order valence-corrected chi connectivity index (χ1v) is 3.65. The largest absolute Gasteiger partial charge is 0.473 e. The first-order valence-electron chi connectivity index (χ1n) is 3.65. The Labute approximate surface area is 77.2 Å². The molecule has 0 saturated carbocycles. The number of halogens is 1. The summed E-state index contributed by atoms with van der Waals surface area (Å²) < 4.78 is 16.6. The molecule has 0 aromatic carbocycles. The second kappa shape index (κ2) is 4.80. The van der Waals surface area contributed by atoms with Crippen molar-refractivity contribution in [1.82, 2.24) is 9.97 Å². The molecule has 0 radical (unpaired) electrons. The summed E-state index contributed by atoms with van der Waals surface area (Å²) in [5, 5.41) is 0. The summed E-state index contributed by atoms with van der Waals surface area (Å²) in [5.74, 6) is -0.991. The fourth-order valence-electron chi connectivity index (χ4n) is 0.620. The van der Waals surface area contributed by atoms with Gasteiger partial charge in [0.15, 0.2) is 0 Å². The van der Waals surface area contributed by atoms with E-state index in [-0.39, 0.29) is 0 Å². The molecule has 0 unspecified atom stereocenters. The van der Waals surface area contributed by atoms with E-state index >= 15 is 0 Å². The van der Waals surface area contributed by atoms with Gasteiger partial charge in [0.1, 0.15) is 0 Å². The third-order valence-electron chi connectivity index (χ3n) is 1.20. The van der Waals surface area contributed by atoms with E-state index in [0.29, 0.717) is 6.20 Å². The van der Waals surface area contributed by atoms with Crippen molar-refractivity contribution in [3.63, 3.8) is 0 Å². The summed E-state index contributed by atoms with van der Waals surface area (Å²) in [4.78, 5) is 24.0. The maximum absolute atomic E-state index is 12.0. The zero-order valence-corrected chi connectivity index (χ0v) is 6.99. The van der Waals surface area contributed by atoms with E-state index < -0.39 is 17.1 Å². The van der Waals surface area contributed by atoms with E-state index in [9.17, 15) is 14.0 Å². The normalized spacial score (nSPS) is 8.93. The van der Waals surface area contributed by atoms with Crippen molar-refractivity contribution in [2.45, 2.75) is 0 Å². The lowest BCUT2D eigenvalue weighted by Crippen LogP contribution is -2.23. The Kier molecular flexibility index (Phi) is 3.42. The number of rotatable bonds is 0. The minimum Gasteiger partial charge on any atom is -0.473 e. The van der Waals surface area contributed by atoms with Gasteiger partial charge in [0.05, 0.1) is 12.5 Å². The smallest absolute Gasteiger partial charge is 0.325 e. The molecule has 2 aromatic rings. The number of aromatic amines is 2. The second-order valence-corrected chi connectivity index (χ2v) is 2.21. The van der Waals surface area contributed by atoms with E-state index in [1.165, 1.54) is 0 Å². The highest BCUT2D eigenvalue weighted by molar-refractivity contribution is 4.83. The number of aromatic nitrogens is 2. The Bertz CT molecular complexity index is 455. The maximum Gasteiger partial charge on any atom is 0.325 e. The van der Waals surface area contributed by atoms with Crippen molar-refractivity contribution in [2.24, 2.45) is 0 Å². The van der Waals surface area contributed by atoms with Gasteiger partial charge in [0.2, 0.25) is 5.82 Å². The van der Waals surface area contributed by atoms with Crippen LogP contribution in [0.25, 0.3) is 0 Å². The molecule has 0 spiro atoms.